The standard InChI is InChI=1S/C20H21N7O5S2/c1-9(28)23-12-4-2-3-10(5-12)14(21)17(29)24-15-18(30)27-16(20(31)32)11(8-34-19(15)27)7-33-13-6-22-26-25-13/h2-6,14-15,19H,7-8,21H2,1H3,(H,23,28)(H,24,29)(H,31,32)(H,22,25,26)/t14?,15?,19-/m1/s1. The zero-order chi connectivity index (χ0) is 24.4. The highest BCUT2D eigenvalue weighted by Gasteiger charge is 2.54. The molecule has 178 valence electrons. The maximum absolute atomic E-state index is 12.8. The van der Waals surface area contributed by atoms with Crippen LogP contribution in [-0.4, -0.2) is 72.0 Å². The Bertz CT molecular complexity index is 1170. The summed E-state index contributed by atoms with van der Waals surface area (Å²) in [6.07, 6.45) is 1.53. The van der Waals surface area contributed by atoms with Crippen LogP contribution in [0.4, 0.5) is 5.69 Å². The number of carboxylic acids is 1. The Morgan fingerprint density at radius 2 is 2.21 bits per heavy atom. The van der Waals surface area contributed by atoms with Crippen LogP contribution in [0.2, 0.25) is 0 Å². The van der Waals surface area contributed by atoms with E-state index in [-0.39, 0.29) is 11.6 Å². The number of H-pyrrole nitrogens is 1. The van der Waals surface area contributed by atoms with Crippen molar-refractivity contribution >= 4 is 52.9 Å². The molecule has 0 spiro atoms. The van der Waals surface area contributed by atoms with E-state index in [2.05, 4.69) is 26.0 Å². The number of amides is 3. The Morgan fingerprint density at radius 3 is 2.88 bits per heavy atom. The minimum absolute atomic E-state index is 0.0671. The fraction of sp³-hybridized carbons (Fsp3) is 0.300. The molecule has 12 nitrogen and oxygen atoms in total. The number of carboxylic acid groups (broad SMARTS) is 1. The number of carbonyl (C=O) groups is 4. The van der Waals surface area contributed by atoms with E-state index in [4.69, 9.17) is 5.73 Å². The summed E-state index contributed by atoms with van der Waals surface area (Å²) in [7, 11) is 0. The highest BCUT2D eigenvalue weighted by Crippen LogP contribution is 2.41. The molecule has 2 unspecified atom stereocenters. The van der Waals surface area contributed by atoms with Crippen LogP contribution in [0.25, 0.3) is 0 Å². The minimum atomic E-state index is -1.20. The van der Waals surface area contributed by atoms with Crippen molar-refractivity contribution in [3.05, 3.63) is 47.3 Å². The molecule has 0 saturated carbocycles. The largest absolute Gasteiger partial charge is 0.477 e. The summed E-state index contributed by atoms with van der Waals surface area (Å²) < 4.78 is 0. The molecule has 1 fully saturated rings. The average molecular weight is 504 g/mol. The molecule has 3 atom stereocenters. The van der Waals surface area contributed by atoms with Gasteiger partial charge in [0, 0.05) is 24.1 Å². The maximum Gasteiger partial charge on any atom is 0.352 e. The van der Waals surface area contributed by atoms with Gasteiger partial charge in [0.2, 0.25) is 11.8 Å². The van der Waals surface area contributed by atoms with Gasteiger partial charge < -0.3 is 21.5 Å². The van der Waals surface area contributed by atoms with Crippen molar-refractivity contribution in [1.29, 1.82) is 0 Å². The first kappa shape index (κ1) is 23.8. The first-order chi connectivity index (χ1) is 16.3. The van der Waals surface area contributed by atoms with E-state index in [1.54, 1.807) is 24.3 Å². The molecule has 1 aromatic carbocycles. The molecule has 3 heterocycles. The SMILES string of the molecule is CC(=O)Nc1cccc(C(N)C(=O)NC2C(=O)N3C(C(=O)O)=C(CSc4cn[nH]n4)CS[C@H]23)c1. The lowest BCUT2D eigenvalue weighted by atomic mass is 10.0. The molecule has 2 aromatic rings. The van der Waals surface area contributed by atoms with Gasteiger partial charge in [-0.15, -0.1) is 16.9 Å². The molecule has 2 aliphatic heterocycles. The summed E-state index contributed by atoms with van der Waals surface area (Å²) in [5, 5.41) is 25.2. The number of rotatable bonds is 8. The fourth-order valence-electron chi connectivity index (χ4n) is 3.62. The van der Waals surface area contributed by atoms with Crippen LogP contribution in [-0.2, 0) is 19.2 Å². The van der Waals surface area contributed by atoms with Gasteiger partial charge in [-0.1, -0.05) is 23.9 Å². The number of aliphatic carboxylic acids is 1. The first-order valence-electron chi connectivity index (χ1n) is 10.1. The summed E-state index contributed by atoms with van der Waals surface area (Å²) in [6, 6.07) is 4.59. The molecular weight excluding hydrogens is 482 g/mol. The number of nitrogens with two attached hydrogens (primary N) is 1. The second-order valence-corrected chi connectivity index (χ2v) is 9.64. The van der Waals surface area contributed by atoms with E-state index in [1.807, 2.05) is 0 Å². The van der Waals surface area contributed by atoms with E-state index in [9.17, 15) is 24.3 Å². The van der Waals surface area contributed by atoms with Crippen LogP contribution in [0.5, 0.6) is 0 Å². The van der Waals surface area contributed by atoms with Crippen molar-refractivity contribution in [2.45, 2.75) is 29.4 Å². The summed E-state index contributed by atoms with van der Waals surface area (Å²) in [4.78, 5) is 50.0. The third kappa shape index (κ3) is 4.78. The molecule has 0 bridgehead atoms. The molecule has 34 heavy (non-hydrogen) atoms. The molecule has 6 N–H and O–H groups in total. The molecule has 0 radical (unpaired) electrons. The number of benzene rings is 1. The van der Waals surface area contributed by atoms with E-state index in [1.165, 1.54) is 41.5 Å². The molecule has 3 amide bonds. The Labute approximate surface area is 202 Å². The number of hydrogen-bond donors (Lipinski definition) is 5. The van der Waals surface area contributed by atoms with E-state index >= 15 is 0 Å². The quantitative estimate of drug-likeness (QED) is 0.248. The van der Waals surface area contributed by atoms with Crippen molar-refractivity contribution < 1.29 is 24.3 Å². The lowest BCUT2D eigenvalue weighted by Gasteiger charge is -2.49. The molecule has 1 aromatic heterocycles. The number of aromatic nitrogens is 3. The number of β-lactam (4-membered cyclic amide) rings is 1. The van der Waals surface area contributed by atoms with Gasteiger partial charge in [0.25, 0.3) is 5.91 Å². The molecule has 1 saturated heterocycles. The normalized spacial score (nSPS) is 20.3. The van der Waals surface area contributed by atoms with Crippen LogP contribution in [0.3, 0.4) is 0 Å². The number of nitrogens with one attached hydrogen (secondary N) is 3. The van der Waals surface area contributed by atoms with Crippen molar-refractivity contribution in [2.24, 2.45) is 5.73 Å². The fourth-order valence-corrected chi connectivity index (χ4v) is 5.89. The number of hydrogen-bond acceptors (Lipinski definition) is 9. The zero-order valence-corrected chi connectivity index (χ0v) is 19.5. The summed E-state index contributed by atoms with van der Waals surface area (Å²) in [5.41, 5.74) is 7.56. The summed E-state index contributed by atoms with van der Waals surface area (Å²) in [5.74, 6) is -1.82. The third-order valence-corrected chi connectivity index (χ3v) is 7.51. The van der Waals surface area contributed by atoms with Crippen molar-refractivity contribution in [3.63, 3.8) is 0 Å². The van der Waals surface area contributed by atoms with Crippen LogP contribution >= 0.6 is 23.5 Å². The molecule has 4 rings (SSSR count). The average Bonchev–Trinajstić information content (AvgIpc) is 3.33. The van der Waals surface area contributed by atoms with Crippen molar-refractivity contribution in [1.82, 2.24) is 25.6 Å². The lowest BCUT2D eigenvalue weighted by molar-refractivity contribution is -0.150. The number of nitrogens with zero attached hydrogens (tertiary/aromatic N) is 3. The molecule has 2 aliphatic rings. The van der Waals surface area contributed by atoms with Gasteiger partial charge in [0.05, 0.1) is 6.20 Å². The predicted octanol–water partition coefficient (Wildman–Crippen LogP) is 0.294. The van der Waals surface area contributed by atoms with Crippen molar-refractivity contribution in [3.8, 4) is 0 Å². The topological polar surface area (TPSA) is 183 Å². The first-order valence-corrected chi connectivity index (χ1v) is 12.1. The summed E-state index contributed by atoms with van der Waals surface area (Å²) >= 11 is 2.68. The van der Waals surface area contributed by atoms with E-state index < -0.39 is 35.2 Å². The van der Waals surface area contributed by atoms with Crippen molar-refractivity contribution in [2.75, 3.05) is 16.8 Å². The minimum Gasteiger partial charge on any atom is -0.477 e. The number of thioether (sulfide) groups is 2. The summed E-state index contributed by atoms with van der Waals surface area (Å²) in [6.45, 7) is 1.37. The van der Waals surface area contributed by atoms with Gasteiger partial charge in [0.1, 0.15) is 28.2 Å². The Kier molecular flexibility index (Phi) is 6.90. The van der Waals surface area contributed by atoms with Crippen LogP contribution in [0.1, 0.15) is 18.5 Å². The molecule has 0 aliphatic carbocycles. The molecular formula is C20H21N7O5S2. The van der Waals surface area contributed by atoms with Gasteiger partial charge in [-0.05, 0) is 23.3 Å². The predicted molar refractivity (Wildman–Crippen MR) is 124 cm³/mol. The third-order valence-electron chi connectivity index (χ3n) is 5.18. The Morgan fingerprint density at radius 1 is 1.41 bits per heavy atom. The highest BCUT2D eigenvalue weighted by molar-refractivity contribution is 8.01. The van der Waals surface area contributed by atoms with Gasteiger partial charge in [-0.2, -0.15) is 10.3 Å². The van der Waals surface area contributed by atoms with Gasteiger partial charge in [-0.25, -0.2) is 4.79 Å². The Hall–Kier alpha value is -3.36. The van der Waals surface area contributed by atoms with Crippen LogP contribution < -0.4 is 16.4 Å². The molecule has 14 heteroatoms. The van der Waals surface area contributed by atoms with Gasteiger partial charge in [-0.3, -0.25) is 19.3 Å². The number of fused-ring (bicyclic) bond motifs is 1. The van der Waals surface area contributed by atoms with E-state index in [0.29, 0.717) is 33.4 Å². The second kappa shape index (κ2) is 9.87. The number of aromatic amines is 1. The number of carbonyl (C=O) groups excluding carboxylic acids is 3. The highest BCUT2D eigenvalue weighted by atomic mass is 32.2. The van der Waals surface area contributed by atoms with Gasteiger partial charge >= 0.3 is 5.97 Å². The van der Waals surface area contributed by atoms with Gasteiger partial charge in [0.15, 0.2) is 0 Å². The van der Waals surface area contributed by atoms with E-state index in [0.717, 1.165) is 0 Å². The van der Waals surface area contributed by atoms with Crippen LogP contribution in [0.15, 0.2) is 46.8 Å². The monoisotopic (exact) mass is 503 g/mol. The van der Waals surface area contributed by atoms with Crippen LogP contribution in [0, 0.1) is 0 Å². The lowest BCUT2D eigenvalue weighted by Crippen LogP contribution is -2.71. The smallest absolute Gasteiger partial charge is 0.352 e. The maximum atomic E-state index is 12.8. The number of anilines is 1. The zero-order valence-electron chi connectivity index (χ0n) is 17.8. The Balaban J connectivity index is 1.44. The second-order valence-electron chi connectivity index (χ2n) is 7.53.